The lowest BCUT2D eigenvalue weighted by Gasteiger charge is -2.31. The normalized spacial score (nSPS) is 15.5. The fraction of sp³-hybridized carbons (Fsp3) is 0.444. The minimum Gasteiger partial charge on any atom is -0.508 e. The Morgan fingerprint density at radius 3 is 2.82 bits per heavy atom. The fourth-order valence-corrected chi connectivity index (χ4v) is 4.58. The summed E-state index contributed by atoms with van der Waals surface area (Å²) in [6.07, 6.45) is 10.3. The summed E-state index contributed by atoms with van der Waals surface area (Å²) in [6.45, 7) is 7.71. The molecule has 174 valence electrons. The third kappa shape index (κ3) is 5.10. The van der Waals surface area contributed by atoms with Crippen LogP contribution in [-0.2, 0) is 24.3 Å². The predicted octanol–water partition coefficient (Wildman–Crippen LogP) is 5.56. The number of hydrogen-bond acceptors (Lipinski definition) is 4. The highest BCUT2D eigenvalue weighted by molar-refractivity contribution is 5.98. The maximum atomic E-state index is 14.0. The Morgan fingerprint density at radius 2 is 2.09 bits per heavy atom. The molecule has 6 nitrogen and oxygen atoms in total. The number of aromatic hydroxyl groups is 1. The van der Waals surface area contributed by atoms with Crippen molar-refractivity contribution in [3.05, 3.63) is 71.3 Å². The number of pyridine rings is 1. The topological polar surface area (TPSA) is 71.2 Å². The van der Waals surface area contributed by atoms with Crippen LogP contribution in [0.15, 0.2) is 48.9 Å². The van der Waals surface area contributed by atoms with Crippen molar-refractivity contribution < 1.29 is 9.90 Å². The second-order valence-electron chi connectivity index (χ2n) is 9.28. The van der Waals surface area contributed by atoms with E-state index in [-0.39, 0.29) is 17.6 Å². The monoisotopic (exact) mass is 446 g/mol. The molecule has 1 unspecified atom stereocenters. The van der Waals surface area contributed by atoms with Crippen LogP contribution in [0.1, 0.15) is 80.7 Å². The van der Waals surface area contributed by atoms with Gasteiger partial charge in [-0.05, 0) is 60.9 Å². The third-order valence-electron chi connectivity index (χ3n) is 6.49. The van der Waals surface area contributed by atoms with E-state index in [9.17, 15) is 9.90 Å². The maximum Gasteiger partial charge on any atom is 0.234 e. The number of hydrogen-bond donors (Lipinski definition) is 1. The van der Waals surface area contributed by atoms with Gasteiger partial charge in [0, 0.05) is 24.0 Å². The van der Waals surface area contributed by atoms with E-state index >= 15 is 0 Å². The van der Waals surface area contributed by atoms with Gasteiger partial charge in [0.15, 0.2) is 0 Å². The number of aromatic nitrogens is 3. The van der Waals surface area contributed by atoms with Gasteiger partial charge in [-0.25, -0.2) is 0 Å². The number of carbonyl (C=O) groups excluding carboxylic acids is 1. The highest BCUT2D eigenvalue weighted by Gasteiger charge is 2.32. The van der Waals surface area contributed by atoms with Crippen LogP contribution in [-0.4, -0.2) is 25.8 Å². The molecule has 1 N–H and O–H groups in total. The molecule has 0 fully saturated rings. The van der Waals surface area contributed by atoms with E-state index in [4.69, 9.17) is 0 Å². The molecule has 1 aromatic carbocycles. The Balaban J connectivity index is 1.66. The SMILES string of the molecule is CCCCn1cc(CN(C(=O)C2CCCc3c(O)cccc32)c2ccc(C(C)C)nc2)cn1. The number of phenolic OH excluding ortho intramolecular Hbond substituents is 1. The largest absolute Gasteiger partial charge is 0.508 e. The Bertz CT molecular complexity index is 1090. The minimum atomic E-state index is -0.277. The molecule has 3 aromatic rings. The summed E-state index contributed by atoms with van der Waals surface area (Å²) < 4.78 is 1.95. The van der Waals surface area contributed by atoms with Gasteiger partial charge in [-0.1, -0.05) is 39.3 Å². The summed E-state index contributed by atoms with van der Waals surface area (Å²) in [5.41, 5.74) is 4.65. The highest BCUT2D eigenvalue weighted by Crippen LogP contribution is 2.38. The van der Waals surface area contributed by atoms with Crippen molar-refractivity contribution in [2.75, 3.05) is 4.90 Å². The molecule has 4 rings (SSSR count). The van der Waals surface area contributed by atoms with E-state index in [1.807, 2.05) is 46.2 Å². The van der Waals surface area contributed by atoms with Crippen LogP contribution in [0.25, 0.3) is 0 Å². The Labute approximate surface area is 196 Å². The van der Waals surface area contributed by atoms with Gasteiger partial charge in [-0.2, -0.15) is 5.10 Å². The fourth-order valence-electron chi connectivity index (χ4n) is 4.58. The van der Waals surface area contributed by atoms with Gasteiger partial charge in [0.05, 0.1) is 30.5 Å². The molecule has 0 spiro atoms. The van der Waals surface area contributed by atoms with Gasteiger partial charge in [-0.3, -0.25) is 14.5 Å². The number of unbranched alkanes of at least 4 members (excludes halogenated alkanes) is 1. The first-order valence-electron chi connectivity index (χ1n) is 12.1. The molecule has 0 radical (unpaired) electrons. The van der Waals surface area contributed by atoms with E-state index in [2.05, 4.69) is 30.9 Å². The number of phenols is 1. The molecule has 0 aliphatic heterocycles. The molecule has 2 aromatic heterocycles. The number of fused-ring (bicyclic) bond motifs is 1. The van der Waals surface area contributed by atoms with Crippen LogP contribution in [0.4, 0.5) is 5.69 Å². The van der Waals surface area contributed by atoms with E-state index in [1.165, 1.54) is 0 Å². The number of carbonyl (C=O) groups is 1. The summed E-state index contributed by atoms with van der Waals surface area (Å²) in [7, 11) is 0. The van der Waals surface area contributed by atoms with Crippen LogP contribution in [0.2, 0.25) is 0 Å². The summed E-state index contributed by atoms with van der Waals surface area (Å²) in [5, 5.41) is 14.8. The number of nitrogens with zero attached hydrogens (tertiary/aromatic N) is 4. The van der Waals surface area contributed by atoms with Gasteiger partial charge in [0.2, 0.25) is 5.91 Å². The van der Waals surface area contributed by atoms with Gasteiger partial charge in [0.1, 0.15) is 5.75 Å². The van der Waals surface area contributed by atoms with Crippen molar-refractivity contribution in [2.24, 2.45) is 0 Å². The van der Waals surface area contributed by atoms with Crippen molar-refractivity contribution in [1.29, 1.82) is 0 Å². The molecule has 1 aliphatic carbocycles. The number of benzene rings is 1. The van der Waals surface area contributed by atoms with Gasteiger partial charge in [0.25, 0.3) is 0 Å². The molecule has 2 heterocycles. The van der Waals surface area contributed by atoms with Crippen molar-refractivity contribution in [3.63, 3.8) is 0 Å². The van der Waals surface area contributed by atoms with Crippen LogP contribution in [0.5, 0.6) is 5.75 Å². The lowest BCUT2D eigenvalue weighted by atomic mass is 9.81. The maximum absolute atomic E-state index is 14.0. The number of amides is 1. The average Bonchev–Trinajstić information content (AvgIpc) is 3.28. The first-order chi connectivity index (χ1) is 16.0. The van der Waals surface area contributed by atoms with Gasteiger partial charge in [-0.15, -0.1) is 0 Å². The molecule has 1 atom stereocenters. The zero-order valence-electron chi connectivity index (χ0n) is 19.9. The van der Waals surface area contributed by atoms with E-state index in [0.717, 1.165) is 66.7 Å². The van der Waals surface area contributed by atoms with Gasteiger partial charge >= 0.3 is 0 Å². The second-order valence-corrected chi connectivity index (χ2v) is 9.28. The Morgan fingerprint density at radius 1 is 1.24 bits per heavy atom. The predicted molar refractivity (Wildman–Crippen MR) is 130 cm³/mol. The Kier molecular flexibility index (Phi) is 7.11. The summed E-state index contributed by atoms with van der Waals surface area (Å²) >= 11 is 0. The van der Waals surface area contributed by atoms with Crippen LogP contribution in [0.3, 0.4) is 0 Å². The summed E-state index contributed by atoms with van der Waals surface area (Å²) in [4.78, 5) is 20.4. The first-order valence-corrected chi connectivity index (χ1v) is 12.1. The van der Waals surface area contributed by atoms with Crippen molar-refractivity contribution in [3.8, 4) is 5.75 Å². The number of aryl methyl sites for hydroxylation is 1. The van der Waals surface area contributed by atoms with Crippen LogP contribution in [0, 0.1) is 0 Å². The molecule has 0 bridgehead atoms. The highest BCUT2D eigenvalue weighted by atomic mass is 16.3. The summed E-state index contributed by atoms with van der Waals surface area (Å²) in [5.74, 6) is 0.382. The number of rotatable bonds is 8. The van der Waals surface area contributed by atoms with Crippen molar-refractivity contribution >= 4 is 11.6 Å². The van der Waals surface area contributed by atoms with Gasteiger partial charge < -0.3 is 10.0 Å². The molecule has 1 amide bonds. The zero-order chi connectivity index (χ0) is 23.4. The van der Waals surface area contributed by atoms with Crippen molar-refractivity contribution in [1.82, 2.24) is 14.8 Å². The molecule has 6 heteroatoms. The molecule has 33 heavy (non-hydrogen) atoms. The third-order valence-corrected chi connectivity index (χ3v) is 6.49. The second kappa shape index (κ2) is 10.2. The lowest BCUT2D eigenvalue weighted by molar-refractivity contribution is -0.120. The quantitative estimate of drug-likeness (QED) is 0.492. The van der Waals surface area contributed by atoms with Crippen LogP contribution < -0.4 is 4.90 Å². The van der Waals surface area contributed by atoms with Crippen LogP contribution >= 0.6 is 0 Å². The molecule has 1 aliphatic rings. The zero-order valence-corrected chi connectivity index (χ0v) is 19.9. The van der Waals surface area contributed by atoms with E-state index in [0.29, 0.717) is 12.5 Å². The molecule has 0 saturated heterocycles. The minimum absolute atomic E-state index is 0.0435. The summed E-state index contributed by atoms with van der Waals surface area (Å²) in [6, 6.07) is 9.53. The molecule has 0 saturated carbocycles. The average molecular weight is 447 g/mol. The smallest absolute Gasteiger partial charge is 0.234 e. The Hall–Kier alpha value is -3.15. The van der Waals surface area contributed by atoms with E-state index in [1.54, 1.807) is 12.3 Å². The standard InChI is InChI=1S/C27H34N4O2/c1-4-5-14-30-17-20(15-29-30)18-31(21-12-13-25(19(2)3)28-16-21)27(33)24-10-6-9-23-22(24)8-7-11-26(23)32/h7-8,11-13,15-17,19,24,32H,4-6,9-10,14,18H2,1-3H3. The lowest BCUT2D eigenvalue weighted by Crippen LogP contribution is -2.36. The van der Waals surface area contributed by atoms with E-state index < -0.39 is 0 Å². The molecular weight excluding hydrogens is 412 g/mol. The number of anilines is 1. The first kappa shape index (κ1) is 23.0. The van der Waals surface area contributed by atoms with Crippen molar-refractivity contribution in [2.45, 2.75) is 77.8 Å². The molecular formula is C27H34N4O2.